The predicted molar refractivity (Wildman–Crippen MR) is 103 cm³/mol. The normalized spacial score (nSPS) is 21.4. The SMILES string of the molecule is C=CC(=O)N1CCCC(C(=O)N2CCC(S(=O)(=O)c3ccc(F)cc3)CC2)C1. The highest BCUT2D eigenvalue weighted by molar-refractivity contribution is 7.92. The zero-order valence-electron chi connectivity index (χ0n) is 15.7. The van der Waals surface area contributed by atoms with Gasteiger partial charge in [0.15, 0.2) is 9.84 Å². The van der Waals surface area contributed by atoms with Gasteiger partial charge in [-0.15, -0.1) is 0 Å². The van der Waals surface area contributed by atoms with Crippen LogP contribution < -0.4 is 0 Å². The lowest BCUT2D eigenvalue weighted by atomic mass is 9.95. The number of sulfone groups is 1. The fourth-order valence-electron chi connectivity index (χ4n) is 3.97. The number of carbonyl (C=O) groups excluding carboxylic acids is 2. The topological polar surface area (TPSA) is 74.8 Å². The quantitative estimate of drug-likeness (QED) is 0.564. The van der Waals surface area contributed by atoms with Gasteiger partial charge in [0.25, 0.3) is 0 Å². The third kappa shape index (κ3) is 4.27. The molecule has 2 fully saturated rings. The summed E-state index contributed by atoms with van der Waals surface area (Å²) in [7, 11) is -3.54. The summed E-state index contributed by atoms with van der Waals surface area (Å²) >= 11 is 0. The van der Waals surface area contributed by atoms with Gasteiger partial charge < -0.3 is 9.80 Å². The molecule has 2 aliphatic rings. The maximum Gasteiger partial charge on any atom is 0.245 e. The first kappa shape index (κ1) is 20.5. The number of hydrogen-bond donors (Lipinski definition) is 0. The standard InChI is InChI=1S/C20H25FN2O4S/c1-2-19(24)23-11-3-4-15(14-23)20(25)22-12-9-18(10-13-22)28(26,27)17-7-5-16(21)6-8-17/h2,5-8,15,18H,1,3-4,9-14H2. The highest BCUT2D eigenvalue weighted by Crippen LogP contribution is 2.27. The van der Waals surface area contributed by atoms with Gasteiger partial charge in [0.05, 0.1) is 16.1 Å². The molecule has 0 radical (unpaired) electrons. The largest absolute Gasteiger partial charge is 0.342 e. The van der Waals surface area contributed by atoms with Crippen LogP contribution in [0.15, 0.2) is 41.8 Å². The summed E-state index contributed by atoms with van der Waals surface area (Å²) in [5.41, 5.74) is 0. The van der Waals surface area contributed by atoms with Crippen LogP contribution in [-0.2, 0) is 19.4 Å². The third-order valence-electron chi connectivity index (χ3n) is 5.59. The molecule has 0 N–H and O–H groups in total. The number of likely N-dealkylation sites (tertiary alicyclic amines) is 2. The molecule has 1 unspecified atom stereocenters. The van der Waals surface area contributed by atoms with E-state index in [-0.39, 0.29) is 22.6 Å². The first-order chi connectivity index (χ1) is 13.3. The van der Waals surface area contributed by atoms with Crippen molar-refractivity contribution in [3.63, 3.8) is 0 Å². The van der Waals surface area contributed by atoms with Gasteiger partial charge in [-0.1, -0.05) is 6.58 Å². The van der Waals surface area contributed by atoms with Crippen molar-refractivity contribution in [1.29, 1.82) is 0 Å². The van der Waals surface area contributed by atoms with Crippen LogP contribution in [-0.4, -0.2) is 61.5 Å². The lowest BCUT2D eigenvalue weighted by molar-refractivity contribution is -0.140. The second-order valence-corrected chi connectivity index (χ2v) is 9.58. The van der Waals surface area contributed by atoms with Crippen molar-refractivity contribution in [3.8, 4) is 0 Å². The van der Waals surface area contributed by atoms with Crippen molar-refractivity contribution < 1.29 is 22.4 Å². The van der Waals surface area contributed by atoms with Gasteiger partial charge in [-0.3, -0.25) is 9.59 Å². The maximum absolute atomic E-state index is 13.1. The lowest BCUT2D eigenvalue weighted by Gasteiger charge is -2.37. The van der Waals surface area contributed by atoms with Crippen molar-refractivity contribution >= 4 is 21.7 Å². The van der Waals surface area contributed by atoms with Crippen molar-refractivity contribution in [1.82, 2.24) is 9.80 Å². The molecule has 8 heteroatoms. The van der Waals surface area contributed by atoms with Crippen molar-refractivity contribution in [2.45, 2.75) is 35.8 Å². The number of rotatable bonds is 4. The minimum Gasteiger partial charge on any atom is -0.342 e. The van der Waals surface area contributed by atoms with Gasteiger partial charge >= 0.3 is 0 Å². The minimum atomic E-state index is -3.54. The number of hydrogen-bond acceptors (Lipinski definition) is 4. The van der Waals surface area contributed by atoms with E-state index in [2.05, 4.69) is 6.58 Å². The van der Waals surface area contributed by atoms with Crippen LogP contribution in [0.25, 0.3) is 0 Å². The molecule has 2 amide bonds. The Morgan fingerprint density at radius 3 is 2.29 bits per heavy atom. The predicted octanol–water partition coefficient (Wildman–Crippen LogP) is 2.02. The number of halogens is 1. The second-order valence-electron chi connectivity index (χ2n) is 7.35. The van der Waals surface area contributed by atoms with Crippen LogP contribution in [0.3, 0.4) is 0 Å². The summed E-state index contributed by atoms with van der Waals surface area (Å²) in [5.74, 6) is -0.903. The van der Waals surface area contributed by atoms with Gasteiger partial charge in [-0.05, 0) is 56.0 Å². The van der Waals surface area contributed by atoms with E-state index in [1.807, 2.05) is 0 Å². The van der Waals surface area contributed by atoms with Gasteiger partial charge in [0, 0.05) is 26.2 Å². The molecule has 1 aromatic carbocycles. The van der Waals surface area contributed by atoms with Crippen molar-refractivity contribution in [2.24, 2.45) is 5.92 Å². The van der Waals surface area contributed by atoms with Crippen LogP contribution >= 0.6 is 0 Å². The molecule has 1 aromatic rings. The Labute approximate surface area is 164 Å². The smallest absolute Gasteiger partial charge is 0.245 e. The number of amides is 2. The average Bonchev–Trinajstić information content (AvgIpc) is 2.73. The van der Waals surface area contributed by atoms with Crippen LogP contribution in [0.4, 0.5) is 4.39 Å². The number of nitrogens with zero attached hydrogens (tertiary/aromatic N) is 2. The fraction of sp³-hybridized carbons (Fsp3) is 0.500. The Balaban J connectivity index is 1.60. The van der Waals surface area contributed by atoms with Crippen LogP contribution in [0, 0.1) is 11.7 Å². The second kappa shape index (κ2) is 8.43. The molecule has 2 saturated heterocycles. The zero-order valence-corrected chi connectivity index (χ0v) is 16.5. The lowest BCUT2D eigenvalue weighted by Crippen LogP contribution is -2.49. The maximum atomic E-state index is 13.1. The number of benzene rings is 1. The Morgan fingerprint density at radius 1 is 1.04 bits per heavy atom. The first-order valence-corrected chi connectivity index (χ1v) is 11.1. The Hall–Kier alpha value is -2.22. The van der Waals surface area contributed by atoms with E-state index in [0.717, 1.165) is 25.0 Å². The molecule has 2 heterocycles. The van der Waals surface area contributed by atoms with E-state index in [0.29, 0.717) is 39.0 Å². The molecule has 0 aromatic heterocycles. The molecule has 152 valence electrons. The summed E-state index contributed by atoms with van der Waals surface area (Å²) in [6.45, 7) is 5.25. The van der Waals surface area contributed by atoms with Crippen LogP contribution in [0.1, 0.15) is 25.7 Å². The molecular weight excluding hydrogens is 383 g/mol. The first-order valence-electron chi connectivity index (χ1n) is 9.52. The molecule has 0 aliphatic carbocycles. The molecule has 1 atom stereocenters. The monoisotopic (exact) mass is 408 g/mol. The Bertz CT molecular complexity index is 845. The van der Waals surface area contributed by atoms with Gasteiger partial charge in [-0.2, -0.15) is 0 Å². The van der Waals surface area contributed by atoms with Gasteiger partial charge in [0.2, 0.25) is 11.8 Å². The molecule has 28 heavy (non-hydrogen) atoms. The minimum absolute atomic E-state index is 0.0146. The highest BCUT2D eigenvalue weighted by atomic mass is 32.2. The third-order valence-corrected chi connectivity index (χ3v) is 7.87. The van der Waals surface area contributed by atoms with Crippen LogP contribution in [0.2, 0.25) is 0 Å². The fourth-order valence-corrected chi connectivity index (χ4v) is 5.70. The van der Waals surface area contributed by atoms with E-state index in [4.69, 9.17) is 0 Å². The van der Waals surface area contributed by atoms with E-state index in [9.17, 15) is 22.4 Å². The van der Waals surface area contributed by atoms with Gasteiger partial charge in [-0.25, -0.2) is 12.8 Å². The summed E-state index contributed by atoms with van der Waals surface area (Å²) in [6, 6.07) is 4.86. The summed E-state index contributed by atoms with van der Waals surface area (Å²) in [5, 5.41) is -0.577. The highest BCUT2D eigenvalue weighted by Gasteiger charge is 2.36. The van der Waals surface area contributed by atoms with E-state index in [1.54, 1.807) is 9.80 Å². The molecular formula is C20H25FN2O4S. The Morgan fingerprint density at radius 2 is 1.68 bits per heavy atom. The summed E-state index contributed by atoms with van der Waals surface area (Å²) < 4.78 is 38.6. The van der Waals surface area contributed by atoms with E-state index < -0.39 is 20.9 Å². The molecule has 0 bridgehead atoms. The molecule has 3 rings (SSSR count). The molecule has 6 nitrogen and oxygen atoms in total. The summed E-state index contributed by atoms with van der Waals surface area (Å²) in [4.78, 5) is 28.1. The molecule has 2 aliphatic heterocycles. The summed E-state index contributed by atoms with van der Waals surface area (Å²) in [6.07, 6.45) is 3.47. The van der Waals surface area contributed by atoms with Crippen molar-refractivity contribution in [3.05, 3.63) is 42.7 Å². The number of carbonyl (C=O) groups is 2. The van der Waals surface area contributed by atoms with E-state index in [1.165, 1.54) is 18.2 Å². The van der Waals surface area contributed by atoms with Gasteiger partial charge in [0.1, 0.15) is 5.82 Å². The molecule has 0 saturated carbocycles. The average molecular weight is 408 g/mol. The molecule has 0 spiro atoms. The number of piperidine rings is 2. The van der Waals surface area contributed by atoms with E-state index >= 15 is 0 Å². The Kier molecular flexibility index (Phi) is 6.17. The zero-order chi connectivity index (χ0) is 20.3. The van der Waals surface area contributed by atoms with Crippen LogP contribution in [0.5, 0.6) is 0 Å². The van der Waals surface area contributed by atoms with Crippen molar-refractivity contribution in [2.75, 3.05) is 26.2 Å².